The van der Waals surface area contributed by atoms with Crippen LogP contribution in [0.1, 0.15) is 77.2 Å². The van der Waals surface area contributed by atoms with Gasteiger partial charge in [-0.05, 0) is 83.2 Å². The molecule has 0 atom stereocenters. The van der Waals surface area contributed by atoms with Crippen molar-refractivity contribution in [1.29, 1.82) is 0 Å². The van der Waals surface area contributed by atoms with E-state index >= 15 is 0 Å². The summed E-state index contributed by atoms with van der Waals surface area (Å²) >= 11 is 0. The summed E-state index contributed by atoms with van der Waals surface area (Å²) < 4.78 is 10.0. The molecule has 0 unspecified atom stereocenters. The molecule has 2 fully saturated rings. The highest BCUT2D eigenvalue weighted by atomic mass is 16.6. The van der Waals surface area contributed by atoms with Crippen molar-refractivity contribution in [3.05, 3.63) is 34.3 Å². The predicted octanol–water partition coefficient (Wildman–Crippen LogP) is 4.77. The number of fused-ring (bicyclic) bond motifs is 1. The van der Waals surface area contributed by atoms with E-state index in [-0.39, 0.29) is 17.5 Å². The minimum atomic E-state index is -0.389. The highest BCUT2D eigenvalue weighted by Crippen LogP contribution is 2.32. The van der Waals surface area contributed by atoms with Gasteiger partial charge in [0.25, 0.3) is 0 Å². The lowest BCUT2D eigenvalue weighted by atomic mass is 9.86. The Morgan fingerprint density at radius 1 is 1.13 bits per heavy atom. The summed E-state index contributed by atoms with van der Waals surface area (Å²) in [5.74, 6) is 0.240. The number of nitrogens with zero attached hydrogens (tertiary/aromatic N) is 1. The first kappa shape index (κ1) is 23.4. The molecule has 2 aromatic rings. The normalized spacial score (nSPS) is 19.0. The van der Waals surface area contributed by atoms with Crippen molar-refractivity contribution in [3.8, 4) is 0 Å². The van der Waals surface area contributed by atoms with Gasteiger partial charge in [-0.25, -0.2) is 9.59 Å². The first-order valence-electron chi connectivity index (χ1n) is 11.5. The monoisotopic (exact) mass is 431 g/mol. The summed E-state index contributed by atoms with van der Waals surface area (Å²) in [6.45, 7) is 7.89. The van der Waals surface area contributed by atoms with Gasteiger partial charge in [0, 0.05) is 13.1 Å². The Labute approximate surface area is 184 Å². The summed E-state index contributed by atoms with van der Waals surface area (Å²) in [6.07, 6.45) is 9.09. The first-order chi connectivity index (χ1) is 14.7. The number of hydrogen-bond donors (Lipinski definition) is 2. The highest BCUT2D eigenvalue weighted by Gasteiger charge is 2.27. The van der Waals surface area contributed by atoms with Gasteiger partial charge in [-0.15, -0.1) is 0 Å². The molecule has 1 saturated carbocycles. The van der Waals surface area contributed by atoms with E-state index in [1.54, 1.807) is 0 Å². The molecule has 1 amide bonds. The number of rotatable bonds is 2. The van der Waals surface area contributed by atoms with Crippen molar-refractivity contribution in [3.63, 3.8) is 0 Å². The summed E-state index contributed by atoms with van der Waals surface area (Å²) in [5, 5.41) is 2.36. The molecule has 172 valence electrons. The van der Waals surface area contributed by atoms with Crippen LogP contribution in [0.15, 0.2) is 27.4 Å². The number of carbonyl (C=O) groups excluding carboxylic acids is 1. The minimum absolute atomic E-state index is 0.362. The zero-order chi connectivity index (χ0) is 22.4. The van der Waals surface area contributed by atoms with Crippen LogP contribution in [0.3, 0.4) is 0 Å². The number of H-pyrrole nitrogens is 1. The lowest BCUT2D eigenvalue weighted by Crippen LogP contribution is -2.41. The number of oxazole rings is 1. The zero-order valence-corrected chi connectivity index (χ0v) is 19.3. The number of piperidine rings is 1. The maximum Gasteiger partial charge on any atom is 0.417 e. The molecular formula is C24H37N3O4. The van der Waals surface area contributed by atoms with Gasteiger partial charge in [0.05, 0.1) is 5.52 Å². The Morgan fingerprint density at radius 2 is 1.81 bits per heavy atom. The quantitative estimate of drug-likeness (QED) is 0.715. The maximum absolute atomic E-state index is 11.3. The van der Waals surface area contributed by atoms with Crippen LogP contribution in [0, 0.1) is 0 Å². The van der Waals surface area contributed by atoms with Crippen LogP contribution in [0.5, 0.6) is 0 Å². The molecule has 1 aliphatic heterocycles. The molecule has 7 heteroatoms. The number of amides is 1. The van der Waals surface area contributed by atoms with Crippen molar-refractivity contribution in [2.75, 3.05) is 20.1 Å². The van der Waals surface area contributed by atoms with Gasteiger partial charge in [0.1, 0.15) is 5.60 Å². The number of nitrogens with one attached hydrogen (secondary N) is 2. The molecule has 31 heavy (non-hydrogen) atoms. The van der Waals surface area contributed by atoms with Gasteiger partial charge in [-0.1, -0.05) is 25.3 Å². The van der Waals surface area contributed by atoms with Crippen LogP contribution in [-0.4, -0.2) is 47.8 Å². The molecule has 0 spiro atoms. The Morgan fingerprint density at radius 3 is 2.39 bits per heavy atom. The van der Waals surface area contributed by atoms with Gasteiger partial charge in [-0.2, -0.15) is 0 Å². The third-order valence-electron chi connectivity index (χ3n) is 6.14. The van der Waals surface area contributed by atoms with E-state index in [1.807, 2.05) is 32.9 Å². The maximum atomic E-state index is 11.3. The predicted molar refractivity (Wildman–Crippen MR) is 123 cm³/mol. The fourth-order valence-corrected chi connectivity index (χ4v) is 4.59. The van der Waals surface area contributed by atoms with Gasteiger partial charge < -0.3 is 19.4 Å². The SMILES string of the molecule is CNC(=O)OC(C)(C)C.O=c1[nH]c2ccc(C3CCN(C4CCCCC4)CC3)cc2o1. The van der Waals surface area contributed by atoms with E-state index in [2.05, 4.69) is 21.3 Å². The van der Waals surface area contributed by atoms with E-state index in [1.165, 1.54) is 70.6 Å². The lowest BCUT2D eigenvalue weighted by molar-refractivity contribution is 0.0541. The minimum Gasteiger partial charge on any atom is -0.444 e. The van der Waals surface area contributed by atoms with Crippen LogP contribution >= 0.6 is 0 Å². The molecule has 2 heterocycles. The van der Waals surface area contributed by atoms with Gasteiger partial charge in [-0.3, -0.25) is 4.98 Å². The Kier molecular flexibility index (Phi) is 7.81. The van der Waals surface area contributed by atoms with E-state index in [9.17, 15) is 9.59 Å². The number of hydrogen-bond acceptors (Lipinski definition) is 5. The van der Waals surface area contributed by atoms with Gasteiger partial charge >= 0.3 is 11.8 Å². The molecule has 0 bridgehead atoms. The van der Waals surface area contributed by atoms with E-state index in [0.29, 0.717) is 11.5 Å². The second kappa shape index (κ2) is 10.4. The number of ether oxygens (including phenoxy) is 1. The van der Waals surface area contributed by atoms with Crippen molar-refractivity contribution in [1.82, 2.24) is 15.2 Å². The molecule has 1 aliphatic carbocycles. The average molecular weight is 432 g/mol. The number of aromatic nitrogens is 1. The summed E-state index contributed by atoms with van der Waals surface area (Å²) in [7, 11) is 1.54. The summed E-state index contributed by atoms with van der Waals surface area (Å²) in [4.78, 5) is 27.2. The molecule has 0 radical (unpaired) electrons. The Hall–Kier alpha value is -2.28. The fraction of sp³-hybridized carbons (Fsp3) is 0.667. The molecule has 1 aromatic carbocycles. The molecule has 2 aliphatic rings. The first-order valence-corrected chi connectivity index (χ1v) is 11.5. The Bertz CT molecular complexity index is 897. The summed E-state index contributed by atoms with van der Waals surface area (Å²) in [5.41, 5.74) is 2.42. The van der Waals surface area contributed by atoms with Crippen molar-refractivity contribution in [2.45, 2.75) is 83.3 Å². The highest BCUT2D eigenvalue weighted by molar-refractivity contribution is 5.72. The molecule has 7 nitrogen and oxygen atoms in total. The molecular weight excluding hydrogens is 394 g/mol. The van der Waals surface area contributed by atoms with Crippen molar-refractivity contribution < 1.29 is 13.9 Å². The van der Waals surface area contributed by atoms with Crippen molar-refractivity contribution in [2.24, 2.45) is 0 Å². The van der Waals surface area contributed by atoms with Crippen LogP contribution in [-0.2, 0) is 4.74 Å². The number of likely N-dealkylation sites (tertiary alicyclic amines) is 1. The van der Waals surface area contributed by atoms with Crippen LogP contribution in [0.25, 0.3) is 11.1 Å². The van der Waals surface area contributed by atoms with Gasteiger partial charge in [0.15, 0.2) is 5.58 Å². The molecule has 1 saturated heterocycles. The number of benzene rings is 1. The third kappa shape index (κ3) is 6.86. The average Bonchev–Trinajstić information content (AvgIpc) is 3.13. The molecule has 4 rings (SSSR count). The lowest BCUT2D eigenvalue weighted by Gasteiger charge is -2.39. The second-order valence-corrected chi connectivity index (χ2v) is 9.62. The second-order valence-electron chi connectivity index (χ2n) is 9.62. The van der Waals surface area contributed by atoms with E-state index in [0.717, 1.165) is 11.6 Å². The topological polar surface area (TPSA) is 87.6 Å². The molecule has 1 aromatic heterocycles. The van der Waals surface area contributed by atoms with E-state index < -0.39 is 0 Å². The third-order valence-corrected chi connectivity index (χ3v) is 6.14. The fourth-order valence-electron chi connectivity index (χ4n) is 4.59. The number of alkyl carbamates (subject to hydrolysis) is 1. The van der Waals surface area contributed by atoms with E-state index in [4.69, 9.17) is 9.15 Å². The Balaban J connectivity index is 0.000000259. The molecule has 2 N–H and O–H groups in total. The van der Waals surface area contributed by atoms with Crippen LogP contribution in [0.4, 0.5) is 4.79 Å². The largest absolute Gasteiger partial charge is 0.444 e. The smallest absolute Gasteiger partial charge is 0.417 e. The van der Waals surface area contributed by atoms with Crippen LogP contribution in [0.2, 0.25) is 0 Å². The number of carbonyl (C=O) groups is 1. The summed E-state index contributed by atoms with van der Waals surface area (Å²) in [6, 6.07) is 7.01. The number of aromatic amines is 1. The van der Waals surface area contributed by atoms with Crippen LogP contribution < -0.4 is 11.1 Å². The van der Waals surface area contributed by atoms with Gasteiger partial charge in [0.2, 0.25) is 0 Å². The zero-order valence-electron chi connectivity index (χ0n) is 19.3. The standard InChI is InChI=1S/C18H24N2O2.C6H13NO2/c21-18-19-16-7-6-14(12-17(16)22-18)13-8-10-20(11-9-13)15-4-2-1-3-5-15;1-6(2,3)9-5(8)7-4/h6-7,12-13,15H,1-5,8-11H2,(H,19,21);1-4H3,(H,7,8). The van der Waals surface area contributed by atoms with Crippen molar-refractivity contribution >= 4 is 17.2 Å².